The number of pyridine rings is 5. The second-order valence-electron chi connectivity index (χ2n) is 14.6. The molecular formula is C51H42N12O6. The van der Waals surface area contributed by atoms with E-state index in [0.717, 1.165) is 16.7 Å². The van der Waals surface area contributed by atoms with Crippen LogP contribution < -0.4 is 30.2 Å². The molecule has 0 unspecified atom stereocenters. The molecule has 0 bridgehead atoms. The van der Waals surface area contributed by atoms with Crippen LogP contribution in [0.15, 0.2) is 184 Å². The Bertz CT molecular complexity index is 2800. The van der Waals surface area contributed by atoms with E-state index in [1.165, 1.54) is 43.5 Å². The zero-order valence-corrected chi connectivity index (χ0v) is 37.3. The zero-order valence-electron chi connectivity index (χ0n) is 37.3. The molecule has 2 aromatic carbocycles. The fraction of sp³-hybridized carbons (Fsp3) is 0.0588. The fourth-order valence-electron chi connectivity index (χ4n) is 5.88. The average Bonchev–Trinajstić information content (AvgIpc) is 3.36. The van der Waals surface area contributed by atoms with Gasteiger partial charge in [0.15, 0.2) is 11.6 Å². The lowest BCUT2D eigenvalue weighted by molar-refractivity contribution is 0.101. The quantitative estimate of drug-likeness (QED) is 0.104. The maximum Gasteiger partial charge on any atom is 0.274 e. The third-order valence-corrected chi connectivity index (χ3v) is 8.99. The summed E-state index contributed by atoms with van der Waals surface area (Å²) in [6.07, 6.45) is 18.6. The van der Waals surface area contributed by atoms with Crippen LogP contribution in [0, 0.1) is 20.8 Å². The van der Waals surface area contributed by atoms with Crippen molar-refractivity contribution in [1.29, 1.82) is 0 Å². The molecule has 0 saturated heterocycles. The number of hydrogen-bond donors (Lipinski definition) is 3. The van der Waals surface area contributed by atoms with Crippen molar-refractivity contribution >= 4 is 35.0 Å². The zero-order chi connectivity index (χ0) is 48.2. The standard InChI is InChI=1S/C18H15N3O2.C17H14N4O2.C16H13N5O2/c1-13-5-2-6-14(11-13)18(22)21-16-8-3-9-17(20-16)23-15-7-4-10-19-12-15;1-12-4-2-5-13(8-12)17(22)21-15-10-19-11-16(20-15)23-14-6-3-7-18-9-14;1-11-2-3-20-15(4-11)16(22)21-12-5-13(7-17-6-12)23-14-8-18-10-19-9-14/h2-12H,1H3,(H,20,21,22);2-11H,1H3,(H,20,21,22);2-10H,1H3,(H,21,22). The van der Waals surface area contributed by atoms with Crippen molar-refractivity contribution in [2.75, 3.05) is 16.0 Å². The number of ether oxygens (including phenoxy) is 3. The van der Waals surface area contributed by atoms with Gasteiger partial charge in [0.1, 0.15) is 35.1 Å². The minimum Gasteiger partial charge on any atom is -0.452 e. The van der Waals surface area contributed by atoms with E-state index in [1.54, 1.807) is 104 Å². The van der Waals surface area contributed by atoms with Crippen molar-refractivity contribution in [1.82, 2.24) is 44.9 Å². The third-order valence-electron chi connectivity index (χ3n) is 8.99. The van der Waals surface area contributed by atoms with Gasteiger partial charge in [-0.2, -0.15) is 9.97 Å². The number of carbonyl (C=O) groups is 3. The Morgan fingerprint density at radius 3 is 1.64 bits per heavy atom. The molecule has 69 heavy (non-hydrogen) atoms. The van der Waals surface area contributed by atoms with E-state index in [-0.39, 0.29) is 23.6 Å². The molecule has 342 valence electrons. The second-order valence-corrected chi connectivity index (χ2v) is 14.6. The van der Waals surface area contributed by atoms with Crippen molar-refractivity contribution in [2.24, 2.45) is 0 Å². The smallest absolute Gasteiger partial charge is 0.274 e. The van der Waals surface area contributed by atoms with Crippen molar-refractivity contribution in [3.8, 4) is 34.8 Å². The first-order valence-electron chi connectivity index (χ1n) is 20.9. The number of hydrogen-bond acceptors (Lipinski definition) is 15. The molecule has 0 spiro atoms. The van der Waals surface area contributed by atoms with E-state index in [1.807, 2.05) is 57.2 Å². The number of aromatic nitrogens is 9. The summed E-state index contributed by atoms with van der Waals surface area (Å²) in [6, 6.07) is 32.2. The minimum absolute atomic E-state index is 0.209. The molecule has 0 aliphatic heterocycles. The number of carbonyl (C=O) groups excluding carboxylic acids is 3. The number of aryl methyl sites for hydroxylation is 3. The Morgan fingerprint density at radius 1 is 0.420 bits per heavy atom. The summed E-state index contributed by atoms with van der Waals surface area (Å²) in [5.74, 6) is 2.73. The summed E-state index contributed by atoms with van der Waals surface area (Å²) >= 11 is 0. The van der Waals surface area contributed by atoms with Gasteiger partial charge in [-0.05, 0) is 93.1 Å². The first-order valence-corrected chi connectivity index (χ1v) is 20.9. The van der Waals surface area contributed by atoms with E-state index >= 15 is 0 Å². The van der Waals surface area contributed by atoms with Crippen LogP contribution in [0.2, 0.25) is 0 Å². The number of benzene rings is 2. The molecule has 7 aromatic heterocycles. The van der Waals surface area contributed by atoms with Gasteiger partial charge < -0.3 is 30.2 Å². The molecule has 9 aromatic rings. The molecule has 3 amide bonds. The topological polar surface area (TPSA) is 231 Å². The van der Waals surface area contributed by atoms with Gasteiger partial charge in [0.2, 0.25) is 11.8 Å². The van der Waals surface area contributed by atoms with E-state index in [2.05, 4.69) is 60.8 Å². The highest BCUT2D eigenvalue weighted by Gasteiger charge is 2.12. The van der Waals surface area contributed by atoms with Crippen LogP contribution in [0.3, 0.4) is 0 Å². The van der Waals surface area contributed by atoms with E-state index < -0.39 is 0 Å². The molecule has 18 nitrogen and oxygen atoms in total. The SMILES string of the molecule is Cc1cccc(C(=O)Nc2cccc(Oc3cccnc3)n2)c1.Cc1cccc(C(=O)Nc2cncc(Oc3cccnc3)n2)c1.Cc1ccnc(C(=O)Nc2cncc(Oc3cncnc3)c2)c1. The van der Waals surface area contributed by atoms with Gasteiger partial charge in [0.25, 0.3) is 17.7 Å². The van der Waals surface area contributed by atoms with Gasteiger partial charge in [-0.3, -0.25) is 39.3 Å². The number of rotatable bonds is 12. The Labute approximate surface area is 396 Å². The van der Waals surface area contributed by atoms with Crippen LogP contribution in [0.5, 0.6) is 34.8 Å². The first kappa shape index (κ1) is 47.1. The van der Waals surface area contributed by atoms with Crippen LogP contribution in [0.4, 0.5) is 17.3 Å². The van der Waals surface area contributed by atoms with Crippen LogP contribution in [-0.2, 0) is 0 Å². The Balaban J connectivity index is 0.000000153. The van der Waals surface area contributed by atoms with Gasteiger partial charge in [0, 0.05) is 41.9 Å². The van der Waals surface area contributed by atoms with E-state index in [9.17, 15) is 14.4 Å². The molecule has 18 heteroatoms. The second kappa shape index (κ2) is 23.9. The Morgan fingerprint density at radius 2 is 1.00 bits per heavy atom. The molecule has 9 rings (SSSR count). The van der Waals surface area contributed by atoms with Crippen molar-refractivity contribution < 1.29 is 28.6 Å². The molecule has 7 heterocycles. The maximum atomic E-state index is 12.2. The molecule has 0 fully saturated rings. The van der Waals surface area contributed by atoms with E-state index in [4.69, 9.17) is 14.2 Å². The molecular weight excluding hydrogens is 877 g/mol. The summed E-state index contributed by atoms with van der Waals surface area (Å²) < 4.78 is 16.7. The summed E-state index contributed by atoms with van der Waals surface area (Å²) in [5, 5.41) is 8.21. The number of amides is 3. The highest BCUT2D eigenvalue weighted by molar-refractivity contribution is 6.04. The van der Waals surface area contributed by atoms with E-state index in [0.29, 0.717) is 63.0 Å². The van der Waals surface area contributed by atoms with Crippen molar-refractivity contribution in [3.05, 3.63) is 217 Å². The highest BCUT2D eigenvalue weighted by atomic mass is 16.5. The molecule has 0 aliphatic rings. The minimum atomic E-state index is -0.310. The first-order chi connectivity index (χ1) is 33.6. The Hall–Kier alpha value is -9.84. The summed E-state index contributed by atoms with van der Waals surface area (Å²) in [5.41, 5.74) is 5.00. The molecule has 3 N–H and O–H groups in total. The van der Waals surface area contributed by atoms with Gasteiger partial charge in [-0.25, -0.2) is 9.97 Å². The number of nitrogens with one attached hydrogen (secondary N) is 3. The van der Waals surface area contributed by atoms with Crippen molar-refractivity contribution in [2.45, 2.75) is 20.8 Å². The van der Waals surface area contributed by atoms with Crippen LogP contribution >= 0.6 is 0 Å². The van der Waals surface area contributed by atoms with Crippen LogP contribution in [0.25, 0.3) is 0 Å². The largest absolute Gasteiger partial charge is 0.452 e. The third kappa shape index (κ3) is 15.1. The molecule has 0 atom stereocenters. The normalized spacial score (nSPS) is 10.1. The number of anilines is 3. The maximum absolute atomic E-state index is 12.2. The van der Waals surface area contributed by atoms with Crippen LogP contribution in [-0.4, -0.2) is 62.6 Å². The molecule has 0 radical (unpaired) electrons. The molecule has 0 aliphatic carbocycles. The lowest BCUT2D eigenvalue weighted by Gasteiger charge is -2.08. The summed E-state index contributed by atoms with van der Waals surface area (Å²) in [6.45, 7) is 5.77. The average molecular weight is 919 g/mol. The summed E-state index contributed by atoms with van der Waals surface area (Å²) in [4.78, 5) is 72.9. The Kier molecular flexibility index (Phi) is 16.3. The molecule has 0 saturated carbocycles. The lowest BCUT2D eigenvalue weighted by atomic mass is 10.1. The monoisotopic (exact) mass is 918 g/mol. The lowest BCUT2D eigenvalue weighted by Crippen LogP contribution is -2.13. The number of nitrogens with zero attached hydrogens (tertiary/aromatic N) is 9. The highest BCUT2D eigenvalue weighted by Crippen LogP contribution is 2.23. The predicted octanol–water partition coefficient (Wildman–Crippen LogP) is 9.67. The van der Waals surface area contributed by atoms with Crippen molar-refractivity contribution in [3.63, 3.8) is 0 Å². The fourth-order valence-corrected chi connectivity index (χ4v) is 5.88. The van der Waals surface area contributed by atoms with Crippen LogP contribution in [0.1, 0.15) is 47.9 Å². The summed E-state index contributed by atoms with van der Waals surface area (Å²) in [7, 11) is 0. The predicted molar refractivity (Wildman–Crippen MR) is 256 cm³/mol. The van der Waals surface area contributed by atoms with Gasteiger partial charge in [0.05, 0.1) is 55.3 Å². The van der Waals surface area contributed by atoms with Gasteiger partial charge in [-0.1, -0.05) is 41.5 Å². The van der Waals surface area contributed by atoms with Gasteiger partial charge in [-0.15, -0.1) is 0 Å². The van der Waals surface area contributed by atoms with Gasteiger partial charge >= 0.3 is 0 Å².